The highest BCUT2D eigenvalue weighted by Crippen LogP contribution is 2.31. The number of hydrogen-bond donors (Lipinski definition) is 2. The Morgan fingerprint density at radius 3 is 2.58 bits per heavy atom. The molecule has 0 bridgehead atoms. The largest absolute Gasteiger partial charge is 0.380 e. The Labute approximate surface area is 148 Å². The highest BCUT2D eigenvalue weighted by molar-refractivity contribution is 7.13. The molecule has 2 heterocycles. The van der Waals surface area contributed by atoms with Crippen LogP contribution in [0.25, 0.3) is 11.3 Å². The number of anilines is 1. The summed E-state index contributed by atoms with van der Waals surface area (Å²) in [6.07, 6.45) is 0. The first-order valence-corrected chi connectivity index (χ1v) is 9.22. The highest BCUT2D eigenvalue weighted by Gasteiger charge is 2.12. The molecule has 3 rings (SSSR count). The Balaban J connectivity index is 2.00. The lowest BCUT2D eigenvalue weighted by molar-refractivity contribution is 0.634. The number of rotatable bonds is 4. The number of aromatic nitrogens is 1. The predicted octanol–water partition coefficient (Wildman–Crippen LogP) is 5.79. The first-order chi connectivity index (χ1) is 11.4. The number of nitrogens with one attached hydrogen (secondary N) is 2. The fourth-order valence-electron chi connectivity index (χ4n) is 2.18. The molecule has 124 valence electrons. The molecule has 7 heteroatoms. The molecule has 0 fully saturated rings. The van der Waals surface area contributed by atoms with Crippen LogP contribution in [0.2, 0.25) is 0 Å². The van der Waals surface area contributed by atoms with Gasteiger partial charge >= 0.3 is 4.87 Å². The van der Waals surface area contributed by atoms with Crippen LogP contribution in [0.3, 0.4) is 0 Å². The minimum atomic E-state index is -0.0805. The molecule has 2 aromatic heterocycles. The summed E-state index contributed by atoms with van der Waals surface area (Å²) in [7, 11) is 0. The molecule has 0 saturated heterocycles. The van der Waals surface area contributed by atoms with Crippen LogP contribution in [0.4, 0.5) is 16.4 Å². The van der Waals surface area contributed by atoms with E-state index in [1.807, 2.05) is 41.1 Å². The minimum Gasteiger partial charge on any atom is -0.380 e. The second-order valence-electron chi connectivity index (χ2n) is 6.36. The second kappa shape index (κ2) is 6.70. The van der Waals surface area contributed by atoms with E-state index in [9.17, 15) is 4.79 Å². The third-order valence-electron chi connectivity index (χ3n) is 3.04. The third-order valence-corrected chi connectivity index (χ3v) is 4.46. The summed E-state index contributed by atoms with van der Waals surface area (Å²) in [5.41, 5.74) is 3.28. The van der Waals surface area contributed by atoms with Crippen LogP contribution < -0.4 is 10.2 Å². The molecule has 0 unspecified atom stereocenters. The van der Waals surface area contributed by atoms with Gasteiger partial charge in [0.25, 0.3) is 0 Å². The second-order valence-corrected chi connectivity index (χ2v) is 8.13. The van der Waals surface area contributed by atoms with Crippen LogP contribution in [0.15, 0.2) is 56.1 Å². The quantitative estimate of drug-likeness (QED) is 0.579. The van der Waals surface area contributed by atoms with Crippen molar-refractivity contribution in [1.29, 1.82) is 0 Å². The number of thiophene rings is 1. The van der Waals surface area contributed by atoms with Gasteiger partial charge in [-0.05, 0) is 56.5 Å². The topological polar surface area (TPSA) is 69.6 Å². The van der Waals surface area contributed by atoms with Crippen LogP contribution in [0.5, 0.6) is 0 Å². The van der Waals surface area contributed by atoms with Crippen LogP contribution in [0, 0.1) is 0 Å². The number of aromatic amines is 1. The van der Waals surface area contributed by atoms with Gasteiger partial charge in [-0.1, -0.05) is 11.3 Å². The van der Waals surface area contributed by atoms with E-state index in [1.165, 1.54) is 11.3 Å². The Morgan fingerprint density at radius 1 is 1.12 bits per heavy atom. The van der Waals surface area contributed by atoms with Crippen LogP contribution in [-0.4, -0.2) is 10.5 Å². The lowest BCUT2D eigenvalue weighted by Crippen LogP contribution is -2.25. The zero-order chi connectivity index (χ0) is 17.2. The maximum absolute atomic E-state index is 11.5. The van der Waals surface area contributed by atoms with Gasteiger partial charge in [0.2, 0.25) is 0 Å². The van der Waals surface area contributed by atoms with Gasteiger partial charge in [0, 0.05) is 22.2 Å². The molecule has 2 N–H and O–H groups in total. The molecular formula is C17H18N4OS2. The maximum Gasteiger partial charge on any atom is 0.304 e. The number of H-pyrrole nitrogens is 1. The lowest BCUT2D eigenvalue weighted by Gasteiger charge is -2.22. The molecule has 0 radical (unpaired) electrons. The van der Waals surface area contributed by atoms with Gasteiger partial charge < -0.3 is 10.3 Å². The van der Waals surface area contributed by atoms with Crippen molar-refractivity contribution in [3.05, 3.63) is 50.8 Å². The van der Waals surface area contributed by atoms with Gasteiger partial charge in [0.15, 0.2) is 0 Å². The fourth-order valence-corrected chi connectivity index (χ4v) is 3.32. The van der Waals surface area contributed by atoms with E-state index in [4.69, 9.17) is 0 Å². The van der Waals surface area contributed by atoms with Gasteiger partial charge in [-0.15, -0.1) is 21.6 Å². The first-order valence-electron chi connectivity index (χ1n) is 7.46. The van der Waals surface area contributed by atoms with E-state index >= 15 is 0 Å². The first kappa shape index (κ1) is 16.6. The van der Waals surface area contributed by atoms with Gasteiger partial charge in [0.05, 0.1) is 11.4 Å². The van der Waals surface area contributed by atoms with Gasteiger partial charge in [-0.25, -0.2) is 0 Å². The molecular weight excluding hydrogens is 340 g/mol. The van der Waals surface area contributed by atoms with E-state index in [-0.39, 0.29) is 10.4 Å². The van der Waals surface area contributed by atoms with Crippen molar-refractivity contribution < 1.29 is 0 Å². The number of thiazole rings is 1. The molecule has 0 atom stereocenters. The van der Waals surface area contributed by atoms with E-state index < -0.39 is 0 Å². The van der Waals surface area contributed by atoms with Crippen LogP contribution >= 0.6 is 22.7 Å². The standard InChI is InChI=1S/C17H18N4OS2/c1-17(2,3)19-12-7-11(14-10-24-16(22)18-14)8-13(9-12)20-21-15-5-4-6-23-15/h4-10,19H,1-3H3,(H,18,22). The van der Waals surface area contributed by atoms with Crippen molar-refractivity contribution >= 4 is 39.0 Å². The van der Waals surface area contributed by atoms with Crippen LogP contribution in [-0.2, 0) is 0 Å². The van der Waals surface area contributed by atoms with Crippen LogP contribution in [0.1, 0.15) is 20.8 Å². The fraction of sp³-hybridized carbons (Fsp3) is 0.235. The van der Waals surface area contributed by atoms with Crippen molar-refractivity contribution in [2.45, 2.75) is 26.3 Å². The van der Waals surface area contributed by atoms with Gasteiger partial charge in [0.1, 0.15) is 5.00 Å². The van der Waals surface area contributed by atoms with Crippen molar-refractivity contribution in [1.82, 2.24) is 4.98 Å². The van der Waals surface area contributed by atoms with Gasteiger partial charge in [-0.2, -0.15) is 0 Å². The van der Waals surface area contributed by atoms with Crippen molar-refractivity contribution in [3.63, 3.8) is 0 Å². The monoisotopic (exact) mass is 358 g/mol. The number of benzene rings is 1. The van der Waals surface area contributed by atoms with E-state index in [2.05, 4.69) is 41.3 Å². The lowest BCUT2D eigenvalue weighted by atomic mass is 10.1. The van der Waals surface area contributed by atoms with Crippen molar-refractivity contribution in [2.75, 3.05) is 5.32 Å². The summed E-state index contributed by atoms with van der Waals surface area (Å²) in [4.78, 5) is 14.2. The van der Waals surface area contributed by atoms with E-state index in [0.29, 0.717) is 0 Å². The maximum atomic E-state index is 11.5. The molecule has 5 nitrogen and oxygen atoms in total. The molecule has 0 saturated carbocycles. The summed E-state index contributed by atoms with van der Waals surface area (Å²) in [5.74, 6) is 0. The summed E-state index contributed by atoms with van der Waals surface area (Å²) in [5, 5.41) is 16.7. The highest BCUT2D eigenvalue weighted by atomic mass is 32.1. The molecule has 0 aliphatic carbocycles. The smallest absolute Gasteiger partial charge is 0.304 e. The summed E-state index contributed by atoms with van der Waals surface area (Å²) >= 11 is 2.69. The molecule has 0 aliphatic heterocycles. The van der Waals surface area contributed by atoms with Crippen molar-refractivity contribution in [3.8, 4) is 11.3 Å². The number of azo groups is 1. The third kappa shape index (κ3) is 4.39. The zero-order valence-corrected chi connectivity index (χ0v) is 15.3. The SMILES string of the molecule is CC(C)(C)Nc1cc(N=Nc2cccs2)cc(-c2csc(=O)[nH]2)c1. The average molecular weight is 358 g/mol. The molecule has 0 amide bonds. The Kier molecular flexibility index (Phi) is 4.64. The summed E-state index contributed by atoms with van der Waals surface area (Å²) in [6, 6.07) is 9.74. The van der Waals surface area contributed by atoms with Crippen molar-refractivity contribution in [2.24, 2.45) is 10.2 Å². The van der Waals surface area contributed by atoms with E-state index in [1.54, 1.807) is 0 Å². The van der Waals surface area contributed by atoms with E-state index in [0.717, 1.165) is 39.0 Å². The zero-order valence-electron chi connectivity index (χ0n) is 13.7. The predicted molar refractivity (Wildman–Crippen MR) is 102 cm³/mol. The molecule has 1 aromatic carbocycles. The summed E-state index contributed by atoms with van der Waals surface area (Å²) < 4.78 is 0. The Hall–Kier alpha value is -2.25. The molecule has 24 heavy (non-hydrogen) atoms. The summed E-state index contributed by atoms with van der Waals surface area (Å²) in [6.45, 7) is 6.29. The normalized spacial score (nSPS) is 12.0. The average Bonchev–Trinajstić information content (AvgIpc) is 3.14. The molecule has 3 aromatic rings. The Morgan fingerprint density at radius 2 is 1.96 bits per heavy atom. The minimum absolute atomic E-state index is 0.0686. The Bertz CT molecular complexity index is 901. The number of nitrogens with zero attached hydrogens (tertiary/aromatic N) is 2. The molecule has 0 aliphatic rings. The number of hydrogen-bond acceptors (Lipinski definition) is 6. The van der Waals surface area contributed by atoms with Gasteiger partial charge in [-0.3, -0.25) is 4.79 Å². The molecule has 0 spiro atoms.